The smallest absolute Gasteiger partial charge is 0.292 e. The number of hydrogen-bond acceptors (Lipinski definition) is 4. The highest BCUT2D eigenvalue weighted by Crippen LogP contribution is 2.32. The number of nitrogens with two attached hydrogens (primary N) is 1. The van der Waals surface area contributed by atoms with Gasteiger partial charge in [-0.05, 0) is 18.9 Å². The molecule has 0 amide bonds. The van der Waals surface area contributed by atoms with Crippen molar-refractivity contribution >= 4 is 11.4 Å². The van der Waals surface area contributed by atoms with Crippen molar-refractivity contribution in [3.8, 4) is 0 Å². The molecule has 1 fully saturated rings. The number of rotatable bonds is 3. The summed E-state index contributed by atoms with van der Waals surface area (Å²) in [5.74, 6) is 0. The Morgan fingerprint density at radius 2 is 2.27 bits per heavy atom. The Balaban J connectivity index is 2.30. The zero-order chi connectivity index (χ0) is 11.0. The Kier molecular flexibility index (Phi) is 2.32. The van der Waals surface area contributed by atoms with Crippen LogP contribution in [0.1, 0.15) is 12.0 Å². The molecule has 80 valence electrons. The van der Waals surface area contributed by atoms with Gasteiger partial charge in [0.15, 0.2) is 0 Å². The van der Waals surface area contributed by atoms with Gasteiger partial charge >= 0.3 is 0 Å². The number of nitrogens with zero attached hydrogens (tertiary/aromatic N) is 1. The van der Waals surface area contributed by atoms with E-state index in [9.17, 15) is 10.1 Å². The molecule has 0 aliphatic heterocycles. The zero-order valence-electron chi connectivity index (χ0n) is 8.43. The second-order valence-corrected chi connectivity index (χ2v) is 3.88. The Hall–Kier alpha value is -1.62. The Labute approximate surface area is 87.4 Å². The van der Waals surface area contributed by atoms with Crippen LogP contribution in [0.3, 0.4) is 0 Å². The van der Waals surface area contributed by atoms with E-state index in [0.717, 1.165) is 12.0 Å². The van der Waals surface area contributed by atoms with E-state index in [2.05, 4.69) is 5.32 Å². The van der Waals surface area contributed by atoms with Gasteiger partial charge < -0.3 is 11.1 Å². The van der Waals surface area contributed by atoms with Gasteiger partial charge in [0.2, 0.25) is 0 Å². The largest absolute Gasteiger partial charge is 0.375 e. The molecule has 2 rings (SSSR count). The minimum Gasteiger partial charge on any atom is -0.375 e. The summed E-state index contributed by atoms with van der Waals surface area (Å²) in [5.41, 5.74) is 7.25. The topological polar surface area (TPSA) is 81.2 Å². The van der Waals surface area contributed by atoms with Crippen molar-refractivity contribution in [1.82, 2.24) is 0 Å². The number of nitrogens with one attached hydrogen (secondary N) is 1. The van der Waals surface area contributed by atoms with Gasteiger partial charge in [-0.25, -0.2) is 0 Å². The number of nitro benzene ring substituents is 1. The molecular weight excluding hydrogens is 194 g/mol. The van der Waals surface area contributed by atoms with E-state index < -0.39 is 0 Å². The fourth-order valence-electron chi connectivity index (χ4n) is 1.56. The lowest BCUT2D eigenvalue weighted by atomic mass is 10.1. The van der Waals surface area contributed by atoms with Crippen LogP contribution in [0.15, 0.2) is 18.2 Å². The average Bonchev–Trinajstić information content (AvgIpc) is 2.85. The SMILES string of the molecule is Cc1cccc([N+](=O)[O-])c1NC1CC1N. The molecule has 0 heterocycles. The Morgan fingerprint density at radius 1 is 1.60 bits per heavy atom. The lowest BCUT2D eigenvalue weighted by Gasteiger charge is -2.08. The van der Waals surface area contributed by atoms with Gasteiger partial charge in [0.1, 0.15) is 5.69 Å². The molecule has 5 heteroatoms. The molecular formula is C10H13N3O2. The minimum atomic E-state index is -0.372. The number of benzene rings is 1. The fourth-order valence-corrected chi connectivity index (χ4v) is 1.56. The van der Waals surface area contributed by atoms with Gasteiger partial charge in [-0.3, -0.25) is 10.1 Å². The lowest BCUT2D eigenvalue weighted by Crippen LogP contribution is -2.14. The monoisotopic (exact) mass is 207 g/mol. The van der Waals surface area contributed by atoms with Crippen LogP contribution in [0.2, 0.25) is 0 Å². The molecule has 2 atom stereocenters. The third-order valence-electron chi connectivity index (χ3n) is 2.62. The normalized spacial score (nSPS) is 23.6. The van der Waals surface area contributed by atoms with Crippen molar-refractivity contribution in [2.24, 2.45) is 5.73 Å². The molecule has 0 bridgehead atoms. The predicted molar refractivity (Wildman–Crippen MR) is 57.8 cm³/mol. The van der Waals surface area contributed by atoms with Crippen molar-refractivity contribution in [2.75, 3.05) is 5.32 Å². The van der Waals surface area contributed by atoms with E-state index in [1.54, 1.807) is 6.07 Å². The number of hydrogen-bond donors (Lipinski definition) is 2. The molecule has 2 unspecified atom stereocenters. The van der Waals surface area contributed by atoms with Crippen molar-refractivity contribution in [1.29, 1.82) is 0 Å². The van der Waals surface area contributed by atoms with Crippen molar-refractivity contribution in [3.05, 3.63) is 33.9 Å². The molecule has 1 saturated carbocycles. The zero-order valence-corrected chi connectivity index (χ0v) is 8.43. The number of para-hydroxylation sites is 1. The summed E-state index contributed by atoms with van der Waals surface area (Å²) in [7, 11) is 0. The summed E-state index contributed by atoms with van der Waals surface area (Å²) >= 11 is 0. The minimum absolute atomic E-state index is 0.120. The first-order valence-corrected chi connectivity index (χ1v) is 4.85. The van der Waals surface area contributed by atoms with Crippen LogP contribution in [-0.2, 0) is 0 Å². The maximum atomic E-state index is 10.8. The average molecular weight is 207 g/mol. The summed E-state index contributed by atoms with van der Waals surface area (Å²) in [5, 5.41) is 13.9. The van der Waals surface area contributed by atoms with Crippen molar-refractivity contribution in [2.45, 2.75) is 25.4 Å². The molecule has 1 aromatic carbocycles. The van der Waals surface area contributed by atoms with E-state index in [0.29, 0.717) is 5.69 Å². The number of aryl methyl sites for hydroxylation is 1. The van der Waals surface area contributed by atoms with E-state index in [1.165, 1.54) is 6.07 Å². The van der Waals surface area contributed by atoms with Crippen molar-refractivity contribution in [3.63, 3.8) is 0 Å². The van der Waals surface area contributed by atoms with Crippen LogP contribution < -0.4 is 11.1 Å². The third-order valence-corrected chi connectivity index (χ3v) is 2.62. The van der Waals surface area contributed by atoms with Gasteiger partial charge in [0, 0.05) is 18.2 Å². The first-order valence-electron chi connectivity index (χ1n) is 4.85. The van der Waals surface area contributed by atoms with Crippen LogP contribution in [-0.4, -0.2) is 17.0 Å². The first kappa shape index (κ1) is 9.92. The molecule has 1 aliphatic carbocycles. The van der Waals surface area contributed by atoms with Gasteiger partial charge in [-0.15, -0.1) is 0 Å². The highest BCUT2D eigenvalue weighted by atomic mass is 16.6. The van der Waals surface area contributed by atoms with E-state index in [-0.39, 0.29) is 22.7 Å². The van der Waals surface area contributed by atoms with E-state index >= 15 is 0 Å². The van der Waals surface area contributed by atoms with Gasteiger partial charge in [-0.1, -0.05) is 12.1 Å². The summed E-state index contributed by atoms with van der Waals surface area (Å²) in [6.07, 6.45) is 0.880. The van der Waals surface area contributed by atoms with Crippen LogP contribution in [0.4, 0.5) is 11.4 Å². The molecule has 15 heavy (non-hydrogen) atoms. The number of anilines is 1. The molecule has 0 spiro atoms. The highest BCUT2D eigenvalue weighted by Gasteiger charge is 2.35. The maximum Gasteiger partial charge on any atom is 0.292 e. The van der Waals surface area contributed by atoms with Crippen LogP contribution in [0, 0.1) is 17.0 Å². The molecule has 1 aliphatic rings. The van der Waals surface area contributed by atoms with Gasteiger partial charge in [0.05, 0.1) is 4.92 Å². The molecule has 0 aromatic heterocycles. The molecule has 0 saturated heterocycles. The second kappa shape index (κ2) is 3.51. The van der Waals surface area contributed by atoms with Crippen LogP contribution in [0.25, 0.3) is 0 Å². The number of nitro groups is 1. The summed E-state index contributed by atoms with van der Waals surface area (Å²) in [6.45, 7) is 1.85. The molecule has 5 nitrogen and oxygen atoms in total. The molecule has 3 N–H and O–H groups in total. The third kappa shape index (κ3) is 1.92. The fraction of sp³-hybridized carbons (Fsp3) is 0.400. The van der Waals surface area contributed by atoms with E-state index in [1.807, 2.05) is 13.0 Å². The van der Waals surface area contributed by atoms with Crippen LogP contribution >= 0.6 is 0 Å². The Bertz CT molecular complexity index is 406. The van der Waals surface area contributed by atoms with Gasteiger partial charge in [-0.2, -0.15) is 0 Å². The standard InChI is InChI=1S/C10H13N3O2/c1-6-3-2-4-9(13(14)15)10(6)12-8-5-7(8)11/h2-4,7-8,12H,5,11H2,1H3. The van der Waals surface area contributed by atoms with Crippen LogP contribution in [0.5, 0.6) is 0 Å². The van der Waals surface area contributed by atoms with Crippen molar-refractivity contribution < 1.29 is 4.92 Å². The summed E-state index contributed by atoms with van der Waals surface area (Å²) in [6, 6.07) is 5.35. The Morgan fingerprint density at radius 3 is 2.80 bits per heavy atom. The van der Waals surface area contributed by atoms with Gasteiger partial charge in [0.25, 0.3) is 5.69 Å². The molecule has 1 aromatic rings. The summed E-state index contributed by atoms with van der Waals surface area (Å²) in [4.78, 5) is 10.4. The quantitative estimate of drug-likeness (QED) is 0.580. The predicted octanol–water partition coefficient (Wildman–Crippen LogP) is 1.41. The molecule has 0 radical (unpaired) electrons. The highest BCUT2D eigenvalue weighted by molar-refractivity contribution is 5.67. The lowest BCUT2D eigenvalue weighted by molar-refractivity contribution is -0.384. The maximum absolute atomic E-state index is 10.8. The first-order chi connectivity index (χ1) is 7.09. The van der Waals surface area contributed by atoms with E-state index in [4.69, 9.17) is 5.73 Å². The second-order valence-electron chi connectivity index (χ2n) is 3.88. The summed E-state index contributed by atoms with van der Waals surface area (Å²) < 4.78 is 0.